The molecule has 1 saturated heterocycles. The lowest BCUT2D eigenvalue weighted by molar-refractivity contribution is -0.0441. The minimum absolute atomic E-state index is 0.111. The van der Waals surface area contributed by atoms with E-state index < -0.39 is 10.0 Å². The van der Waals surface area contributed by atoms with Gasteiger partial charge in [0.2, 0.25) is 10.0 Å². The molecule has 2 unspecified atom stereocenters. The number of sulfonamides is 1. The summed E-state index contributed by atoms with van der Waals surface area (Å²) in [6, 6.07) is 1.55. The molecule has 7 heteroatoms. The third-order valence-corrected chi connectivity index (χ3v) is 5.80. The third-order valence-electron chi connectivity index (χ3n) is 2.85. The first-order chi connectivity index (χ1) is 8.45. The fourth-order valence-electron chi connectivity index (χ4n) is 2.14. The number of nitrogens with zero attached hydrogens (tertiary/aromatic N) is 1. The highest BCUT2D eigenvalue weighted by Crippen LogP contribution is 2.27. The number of ether oxygens (including phenoxy) is 1. The molecule has 0 spiro atoms. The van der Waals surface area contributed by atoms with Gasteiger partial charge in [-0.05, 0) is 25.3 Å². The van der Waals surface area contributed by atoms with Crippen LogP contribution in [0.2, 0.25) is 0 Å². The average molecular weight is 291 g/mol. The van der Waals surface area contributed by atoms with Gasteiger partial charge in [-0.1, -0.05) is 0 Å². The molecule has 18 heavy (non-hydrogen) atoms. The summed E-state index contributed by atoms with van der Waals surface area (Å²) in [6.07, 6.45) is -0.223. The lowest BCUT2D eigenvalue weighted by Crippen LogP contribution is -2.48. The van der Waals surface area contributed by atoms with Gasteiger partial charge in [-0.2, -0.15) is 4.31 Å². The lowest BCUT2D eigenvalue weighted by Gasteiger charge is -2.34. The van der Waals surface area contributed by atoms with Crippen LogP contribution in [0.25, 0.3) is 0 Å². The summed E-state index contributed by atoms with van der Waals surface area (Å²) >= 11 is 1.25. The Morgan fingerprint density at radius 3 is 2.61 bits per heavy atom. The second-order valence-corrected chi connectivity index (χ2v) is 7.35. The van der Waals surface area contributed by atoms with Gasteiger partial charge in [-0.3, -0.25) is 0 Å². The second kappa shape index (κ2) is 5.26. The average Bonchev–Trinajstić information content (AvgIpc) is 2.76. The molecule has 1 aromatic heterocycles. The van der Waals surface area contributed by atoms with Crippen LogP contribution in [0.4, 0.5) is 0 Å². The highest BCUT2D eigenvalue weighted by Gasteiger charge is 2.33. The van der Waals surface area contributed by atoms with Crippen LogP contribution >= 0.6 is 11.3 Å². The Kier molecular flexibility index (Phi) is 4.08. The maximum atomic E-state index is 12.5. The first-order valence-electron chi connectivity index (χ1n) is 5.78. The monoisotopic (exact) mass is 291 g/mol. The van der Waals surface area contributed by atoms with Crippen LogP contribution in [0, 0.1) is 0 Å². The molecule has 0 aliphatic carbocycles. The Labute approximate surface area is 111 Å². The maximum Gasteiger partial charge on any atom is 0.244 e. The Morgan fingerprint density at radius 2 is 2.06 bits per heavy atom. The molecule has 1 fully saturated rings. The normalized spacial score (nSPS) is 26.4. The number of morpholine rings is 1. The van der Waals surface area contributed by atoms with Crippen molar-refractivity contribution in [2.45, 2.75) is 37.6 Å². The summed E-state index contributed by atoms with van der Waals surface area (Å²) in [4.78, 5) is 0.707. The van der Waals surface area contributed by atoms with Crippen LogP contribution in [0.3, 0.4) is 0 Å². The molecule has 0 amide bonds. The molecule has 1 aliphatic rings. The second-order valence-electron chi connectivity index (χ2n) is 4.45. The number of hydrogen-bond donors (Lipinski definition) is 1. The Morgan fingerprint density at radius 1 is 1.44 bits per heavy atom. The number of aliphatic hydroxyl groups is 1. The topological polar surface area (TPSA) is 66.8 Å². The fourth-order valence-corrected chi connectivity index (χ4v) is 5.00. The van der Waals surface area contributed by atoms with E-state index in [1.54, 1.807) is 11.4 Å². The molecule has 0 bridgehead atoms. The van der Waals surface area contributed by atoms with Gasteiger partial charge in [0.15, 0.2) is 0 Å². The number of hydrogen-bond acceptors (Lipinski definition) is 5. The van der Waals surface area contributed by atoms with Gasteiger partial charge >= 0.3 is 0 Å². The predicted molar refractivity (Wildman–Crippen MR) is 69.0 cm³/mol. The number of thiophene rings is 1. The third kappa shape index (κ3) is 2.60. The summed E-state index contributed by atoms with van der Waals surface area (Å²) in [5.41, 5.74) is 0. The molecule has 2 heterocycles. The van der Waals surface area contributed by atoms with Crippen LogP contribution in [0.1, 0.15) is 18.7 Å². The van der Waals surface area contributed by atoms with Gasteiger partial charge in [0.05, 0.1) is 23.7 Å². The molecule has 1 N–H and O–H groups in total. The zero-order valence-electron chi connectivity index (χ0n) is 10.4. The van der Waals surface area contributed by atoms with E-state index >= 15 is 0 Å². The van der Waals surface area contributed by atoms with Gasteiger partial charge < -0.3 is 9.84 Å². The van der Waals surface area contributed by atoms with E-state index in [-0.39, 0.29) is 23.7 Å². The zero-order valence-corrected chi connectivity index (χ0v) is 12.0. The minimum atomic E-state index is -3.52. The van der Waals surface area contributed by atoms with Crippen molar-refractivity contribution >= 4 is 21.4 Å². The highest BCUT2D eigenvalue weighted by atomic mass is 32.2. The van der Waals surface area contributed by atoms with Crippen molar-refractivity contribution in [1.29, 1.82) is 0 Å². The largest absolute Gasteiger partial charge is 0.391 e. The van der Waals surface area contributed by atoms with Crippen molar-refractivity contribution in [1.82, 2.24) is 4.31 Å². The number of rotatable bonds is 3. The van der Waals surface area contributed by atoms with Crippen LogP contribution in [0.15, 0.2) is 16.3 Å². The predicted octanol–water partition coefficient (Wildman–Crippen LogP) is 1.04. The van der Waals surface area contributed by atoms with E-state index in [2.05, 4.69) is 0 Å². The van der Waals surface area contributed by atoms with Crippen LogP contribution in [-0.4, -0.2) is 43.1 Å². The van der Waals surface area contributed by atoms with E-state index in [1.807, 2.05) is 13.8 Å². The molecule has 0 aromatic carbocycles. The maximum absolute atomic E-state index is 12.5. The first-order valence-corrected chi connectivity index (χ1v) is 8.10. The molecule has 1 aromatic rings. The summed E-state index contributed by atoms with van der Waals surface area (Å²) in [5, 5.41) is 10.9. The van der Waals surface area contributed by atoms with E-state index in [9.17, 15) is 13.5 Å². The smallest absolute Gasteiger partial charge is 0.244 e. The van der Waals surface area contributed by atoms with Crippen molar-refractivity contribution in [2.75, 3.05) is 13.1 Å². The summed E-state index contributed by atoms with van der Waals surface area (Å²) in [6.45, 7) is 4.18. The van der Waals surface area contributed by atoms with Gasteiger partial charge in [0.1, 0.15) is 0 Å². The first kappa shape index (κ1) is 14.0. The van der Waals surface area contributed by atoms with Crippen LogP contribution < -0.4 is 0 Å². The van der Waals surface area contributed by atoms with E-state index in [4.69, 9.17) is 4.74 Å². The van der Waals surface area contributed by atoms with Gasteiger partial charge in [-0.25, -0.2) is 8.42 Å². The zero-order chi connectivity index (χ0) is 13.3. The molecular formula is C11H17NO4S2. The van der Waals surface area contributed by atoms with E-state index in [0.717, 1.165) is 0 Å². The van der Waals surface area contributed by atoms with Crippen molar-refractivity contribution in [2.24, 2.45) is 0 Å². The molecule has 0 radical (unpaired) electrons. The molecule has 1 aliphatic heterocycles. The summed E-state index contributed by atoms with van der Waals surface area (Å²) < 4.78 is 31.9. The van der Waals surface area contributed by atoms with Crippen molar-refractivity contribution in [3.63, 3.8) is 0 Å². The highest BCUT2D eigenvalue weighted by molar-refractivity contribution is 7.89. The summed E-state index contributed by atoms with van der Waals surface area (Å²) in [7, 11) is -3.52. The Balaban J connectivity index is 2.31. The Bertz CT molecular complexity index is 501. The van der Waals surface area contributed by atoms with E-state index in [1.165, 1.54) is 15.6 Å². The Hall–Kier alpha value is -0.470. The molecule has 5 nitrogen and oxygen atoms in total. The molecule has 102 valence electrons. The SMILES string of the molecule is CC1CN(S(=O)(=O)c2ccsc2CO)CC(C)O1. The van der Waals surface area contributed by atoms with Crippen LogP contribution in [0.5, 0.6) is 0 Å². The molecule has 0 saturated carbocycles. The lowest BCUT2D eigenvalue weighted by atomic mass is 10.3. The van der Waals surface area contributed by atoms with Crippen molar-refractivity contribution in [3.8, 4) is 0 Å². The van der Waals surface area contributed by atoms with Gasteiger partial charge in [0, 0.05) is 18.0 Å². The van der Waals surface area contributed by atoms with Crippen molar-refractivity contribution in [3.05, 3.63) is 16.3 Å². The van der Waals surface area contributed by atoms with Gasteiger partial charge in [-0.15, -0.1) is 11.3 Å². The minimum Gasteiger partial charge on any atom is -0.391 e. The molecular weight excluding hydrogens is 274 g/mol. The quantitative estimate of drug-likeness (QED) is 0.903. The van der Waals surface area contributed by atoms with Gasteiger partial charge in [0.25, 0.3) is 0 Å². The van der Waals surface area contributed by atoms with Crippen molar-refractivity contribution < 1.29 is 18.3 Å². The number of aliphatic hydroxyl groups excluding tert-OH is 1. The fraction of sp³-hybridized carbons (Fsp3) is 0.636. The van der Waals surface area contributed by atoms with Crippen LogP contribution in [-0.2, 0) is 21.4 Å². The molecule has 2 rings (SSSR count). The standard InChI is InChI=1S/C11H17NO4S2/c1-8-5-12(6-9(2)16-8)18(14,15)11-3-4-17-10(11)7-13/h3-4,8-9,13H,5-7H2,1-2H3. The summed E-state index contributed by atoms with van der Waals surface area (Å²) in [5.74, 6) is 0. The van der Waals surface area contributed by atoms with E-state index in [0.29, 0.717) is 18.0 Å². The molecule has 2 atom stereocenters.